The average Bonchev–Trinajstić information content (AvgIpc) is 3.00. The third kappa shape index (κ3) is 1.87. The molecule has 1 aromatic rings. The van der Waals surface area contributed by atoms with Crippen LogP contribution in [0.5, 0.6) is 0 Å². The maximum absolute atomic E-state index is 11.2. The van der Waals surface area contributed by atoms with E-state index < -0.39 is 0 Å². The molecule has 1 saturated carbocycles. The third-order valence-electron chi connectivity index (χ3n) is 3.15. The van der Waals surface area contributed by atoms with E-state index >= 15 is 0 Å². The Morgan fingerprint density at radius 3 is 2.71 bits per heavy atom. The minimum absolute atomic E-state index is 0.162. The van der Waals surface area contributed by atoms with Crippen molar-refractivity contribution in [1.29, 1.82) is 0 Å². The van der Waals surface area contributed by atoms with E-state index in [2.05, 4.69) is 13.0 Å². The number of rotatable bonds is 3. The molecule has 0 amide bonds. The molecule has 0 saturated heterocycles. The van der Waals surface area contributed by atoms with Crippen LogP contribution in [0, 0.1) is 5.92 Å². The number of Topliss-reactive ketones (excluding diaryl/α,β-unsaturated/α-hetero) is 1. The van der Waals surface area contributed by atoms with Gasteiger partial charge in [-0.05, 0) is 43.2 Å². The molecule has 1 aliphatic carbocycles. The Labute approximate surface area is 85.1 Å². The van der Waals surface area contributed by atoms with Crippen LogP contribution in [0.25, 0.3) is 0 Å². The van der Waals surface area contributed by atoms with Crippen molar-refractivity contribution in [3.8, 4) is 0 Å². The Morgan fingerprint density at radius 2 is 2.14 bits per heavy atom. The van der Waals surface area contributed by atoms with Crippen LogP contribution in [-0.2, 0) is 0 Å². The van der Waals surface area contributed by atoms with Crippen LogP contribution in [0.4, 0.5) is 0 Å². The fourth-order valence-corrected chi connectivity index (χ4v) is 1.91. The first kappa shape index (κ1) is 9.45. The number of carbonyl (C=O) groups excluding carboxylic acids is 1. The van der Waals surface area contributed by atoms with Crippen LogP contribution in [0.1, 0.15) is 48.5 Å². The van der Waals surface area contributed by atoms with Crippen molar-refractivity contribution in [2.24, 2.45) is 5.92 Å². The van der Waals surface area contributed by atoms with Gasteiger partial charge in [-0.2, -0.15) is 0 Å². The quantitative estimate of drug-likeness (QED) is 0.664. The summed E-state index contributed by atoms with van der Waals surface area (Å²) in [7, 11) is 0. The fourth-order valence-electron chi connectivity index (χ4n) is 1.91. The molecular weight excluding hydrogens is 172 g/mol. The summed E-state index contributed by atoms with van der Waals surface area (Å²) in [5, 5.41) is 0. The first-order valence-corrected chi connectivity index (χ1v) is 5.29. The van der Waals surface area contributed by atoms with Crippen molar-refractivity contribution >= 4 is 5.78 Å². The molecule has 1 atom stereocenters. The van der Waals surface area contributed by atoms with Crippen LogP contribution in [0.15, 0.2) is 24.3 Å². The van der Waals surface area contributed by atoms with E-state index in [1.54, 1.807) is 6.92 Å². The monoisotopic (exact) mass is 188 g/mol. The summed E-state index contributed by atoms with van der Waals surface area (Å²) in [6, 6.07) is 8.07. The van der Waals surface area contributed by atoms with Crippen LogP contribution in [0.2, 0.25) is 0 Å². The largest absolute Gasteiger partial charge is 0.295 e. The number of carbonyl (C=O) groups is 1. The second kappa shape index (κ2) is 3.56. The molecule has 74 valence electrons. The van der Waals surface area contributed by atoms with Gasteiger partial charge < -0.3 is 0 Å². The van der Waals surface area contributed by atoms with E-state index in [0.717, 1.165) is 11.5 Å². The fraction of sp³-hybridized carbons (Fsp3) is 0.462. The van der Waals surface area contributed by atoms with E-state index in [1.807, 2.05) is 18.2 Å². The van der Waals surface area contributed by atoms with Gasteiger partial charge in [-0.15, -0.1) is 0 Å². The lowest BCUT2D eigenvalue weighted by molar-refractivity contribution is 0.101. The Morgan fingerprint density at radius 1 is 1.43 bits per heavy atom. The summed E-state index contributed by atoms with van der Waals surface area (Å²) < 4.78 is 0. The van der Waals surface area contributed by atoms with Gasteiger partial charge in [0.05, 0.1) is 0 Å². The van der Waals surface area contributed by atoms with Gasteiger partial charge in [0.2, 0.25) is 0 Å². The molecule has 1 unspecified atom stereocenters. The highest BCUT2D eigenvalue weighted by Crippen LogP contribution is 2.42. The number of benzene rings is 1. The second-order valence-corrected chi connectivity index (χ2v) is 4.31. The summed E-state index contributed by atoms with van der Waals surface area (Å²) >= 11 is 0. The normalized spacial score (nSPS) is 17.9. The summed E-state index contributed by atoms with van der Waals surface area (Å²) in [5.74, 6) is 1.64. The molecule has 1 nitrogen and oxygen atoms in total. The number of hydrogen-bond acceptors (Lipinski definition) is 1. The molecule has 0 spiro atoms. The Bertz CT molecular complexity index is 350. The SMILES string of the molecule is CC(=O)c1cccc(C(C)C2CC2)c1. The Balaban J connectivity index is 2.24. The molecular formula is C13H16O. The van der Waals surface area contributed by atoms with Crippen molar-refractivity contribution in [3.05, 3.63) is 35.4 Å². The third-order valence-corrected chi connectivity index (χ3v) is 3.15. The summed E-state index contributed by atoms with van der Waals surface area (Å²) in [4.78, 5) is 11.2. The van der Waals surface area contributed by atoms with Gasteiger partial charge in [0, 0.05) is 5.56 Å². The topological polar surface area (TPSA) is 17.1 Å². The minimum Gasteiger partial charge on any atom is -0.295 e. The van der Waals surface area contributed by atoms with E-state index in [4.69, 9.17) is 0 Å². The first-order valence-electron chi connectivity index (χ1n) is 5.29. The molecule has 14 heavy (non-hydrogen) atoms. The summed E-state index contributed by atoms with van der Waals surface area (Å²) in [5.41, 5.74) is 2.16. The molecule has 1 aliphatic rings. The molecule has 0 bridgehead atoms. The van der Waals surface area contributed by atoms with Gasteiger partial charge in [-0.3, -0.25) is 4.79 Å². The molecule has 0 aliphatic heterocycles. The lowest BCUT2D eigenvalue weighted by atomic mass is 9.94. The smallest absolute Gasteiger partial charge is 0.159 e. The second-order valence-electron chi connectivity index (χ2n) is 4.31. The van der Waals surface area contributed by atoms with Crippen molar-refractivity contribution in [2.45, 2.75) is 32.6 Å². The van der Waals surface area contributed by atoms with E-state index in [1.165, 1.54) is 18.4 Å². The zero-order chi connectivity index (χ0) is 10.1. The van der Waals surface area contributed by atoms with Crippen molar-refractivity contribution < 1.29 is 4.79 Å². The van der Waals surface area contributed by atoms with Gasteiger partial charge in [0.15, 0.2) is 5.78 Å². The van der Waals surface area contributed by atoms with E-state index in [9.17, 15) is 4.79 Å². The molecule has 0 radical (unpaired) electrons. The Hall–Kier alpha value is -1.11. The molecule has 0 aromatic heterocycles. The van der Waals surface area contributed by atoms with Crippen molar-refractivity contribution in [2.75, 3.05) is 0 Å². The highest BCUT2D eigenvalue weighted by atomic mass is 16.1. The lowest BCUT2D eigenvalue weighted by Crippen LogP contribution is -1.99. The number of hydrogen-bond donors (Lipinski definition) is 0. The van der Waals surface area contributed by atoms with E-state index in [-0.39, 0.29) is 5.78 Å². The van der Waals surface area contributed by atoms with Crippen LogP contribution < -0.4 is 0 Å². The van der Waals surface area contributed by atoms with Crippen LogP contribution >= 0.6 is 0 Å². The zero-order valence-electron chi connectivity index (χ0n) is 8.79. The standard InChI is InChI=1S/C13H16O/c1-9(11-6-7-11)12-4-3-5-13(8-12)10(2)14/h3-5,8-9,11H,6-7H2,1-2H3. The maximum Gasteiger partial charge on any atom is 0.159 e. The number of ketones is 1. The summed E-state index contributed by atoms with van der Waals surface area (Å²) in [6.07, 6.45) is 2.71. The van der Waals surface area contributed by atoms with Crippen LogP contribution in [-0.4, -0.2) is 5.78 Å². The maximum atomic E-state index is 11.2. The van der Waals surface area contributed by atoms with Gasteiger partial charge in [-0.25, -0.2) is 0 Å². The van der Waals surface area contributed by atoms with Crippen LogP contribution in [0.3, 0.4) is 0 Å². The summed E-state index contributed by atoms with van der Waals surface area (Å²) in [6.45, 7) is 3.89. The average molecular weight is 188 g/mol. The van der Waals surface area contributed by atoms with Gasteiger partial charge in [-0.1, -0.05) is 25.1 Å². The van der Waals surface area contributed by atoms with Crippen molar-refractivity contribution in [3.63, 3.8) is 0 Å². The van der Waals surface area contributed by atoms with Gasteiger partial charge in [0.25, 0.3) is 0 Å². The molecule has 0 heterocycles. The molecule has 2 rings (SSSR count). The van der Waals surface area contributed by atoms with Crippen molar-refractivity contribution in [1.82, 2.24) is 0 Å². The lowest BCUT2D eigenvalue weighted by Gasteiger charge is -2.10. The minimum atomic E-state index is 0.162. The van der Waals surface area contributed by atoms with E-state index in [0.29, 0.717) is 5.92 Å². The van der Waals surface area contributed by atoms with Gasteiger partial charge >= 0.3 is 0 Å². The highest BCUT2D eigenvalue weighted by molar-refractivity contribution is 5.94. The molecule has 1 heteroatoms. The zero-order valence-corrected chi connectivity index (χ0v) is 8.79. The predicted octanol–water partition coefficient (Wildman–Crippen LogP) is 3.40. The van der Waals surface area contributed by atoms with Gasteiger partial charge in [0.1, 0.15) is 0 Å². The molecule has 1 fully saturated rings. The molecule has 0 N–H and O–H groups in total. The Kier molecular flexibility index (Phi) is 2.40. The predicted molar refractivity (Wildman–Crippen MR) is 57.6 cm³/mol. The first-order chi connectivity index (χ1) is 6.68. The molecule has 1 aromatic carbocycles. The highest BCUT2D eigenvalue weighted by Gasteiger charge is 2.28.